The van der Waals surface area contributed by atoms with E-state index in [1.165, 1.54) is 32.6 Å². The van der Waals surface area contributed by atoms with Gasteiger partial charge in [0.25, 0.3) is 0 Å². The Bertz CT molecular complexity index is 286. The van der Waals surface area contributed by atoms with Crippen molar-refractivity contribution in [2.24, 2.45) is 11.8 Å². The van der Waals surface area contributed by atoms with Gasteiger partial charge in [0.1, 0.15) is 6.26 Å². The van der Waals surface area contributed by atoms with E-state index in [0.717, 1.165) is 24.1 Å². The zero-order valence-electron chi connectivity index (χ0n) is 8.15. The maximum absolute atomic E-state index is 4.97. The number of likely N-dealkylation sites (tertiary alicyclic amines) is 1. The lowest BCUT2D eigenvalue weighted by molar-refractivity contribution is 0.302. The van der Waals surface area contributed by atoms with Crippen LogP contribution in [0.5, 0.6) is 0 Å². The van der Waals surface area contributed by atoms with E-state index in [1.807, 2.05) is 0 Å². The number of rotatable bonds is 2. The molecule has 0 spiro atoms. The Morgan fingerprint density at radius 2 is 2.21 bits per heavy atom. The third kappa shape index (κ3) is 1.44. The van der Waals surface area contributed by atoms with E-state index >= 15 is 0 Å². The van der Waals surface area contributed by atoms with E-state index < -0.39 is 0 Å². The maximum Gasteiger partial charge on any atom is 0.180 e. The van der Waals surface area contributed by atoms with Gasteiger partial charge >= 0.3 is 0 Å². The third-order valence-corrected chi connectivity index (χ3v) is 3.33. The van der Waals surface area contributed by atoms with Crippen molar-refractivity contribution >= 4 is 0 Å². The zero-order chi connectivity index (χ0) is 9.38. The van der Waals surface area contributed by atoms with Crippen LogP contribution in [0.15, 0.2) is 17.1 Å². The fourth-order valence-corrected chi connectivity index (χ4v) is 2.63. The number of nitrogens with zero attached hydrogens (tertiary/aromatic N) is 2. The van der Waals surface area contributed by atoms with Crippen molar-refractivity contribution in [3.63, 3.8) is 0 Å². The highest BCUT2D eigenvalue weighted by atomic mass is 16.3. The predicted molar refractivity (Wildman–Crippen MR) is 51.6 cm³/mol. The molecule has 4 heteroatoms. The van der Waals surface area contributed by atoms with Crippen molar-refractivity contribution in [2.45, 2.75) is 6.54 Å². The second kappa shape index (κ2) is 3.37. The molecule has 0 saturated carbocycles. The van der Waals surface area contributed by atoms with Crippen molar-refractivity contribution in [2.75, 3.05) is 26.2 Å². The first-order valence-electron chi connectivity index (χ1n) is 5.22. The van der Waals surface area contributed by atoms with Gasteiger partial charge in [-0.3, -0.25) is 4.90 Å². The number of oxazole rings is 1. The molecule has 14 heavy (non-hydrogen) atoms. The average Bonchev–Trinajstić information content (AvgIpc) is 2.78. The summed E-state index contributed by atoms with van der Waals surface area (Å²) in [6.07, 6.45) is 3.25. The first kappa shape index (κ1) is 8.44. The molecule has 2 unspecified atom stereocenters. The van der Waals surface area contributed by atoms with Gasteiger partial charge < -0.3 is 9.73 Å². The minimum Gasteiger partial charge on any atom is -0.451 e. The Kier molecular flexibility index (Phi) is 2.03. The summed E-state index contributed by atoms with van der Waals surface area (Å²) in [5, 5.41) is 3.44. The van der Waals surface area contributed by atoms with E-state index in [4.69, 9.17) is 4.42 Å². The monoisotopic (exact) mass is 193 g/mol. The highest BCUT2D eigenvalue weighted by Crippen LogP contribution is 2.26. The molecule has 0 radical (unpaired) electrons. The lowest BCUT2D eigenvalue weighted by atomic mass is 10.0. The number of hydrogen-bond donors (Lipinski definition) is 1. The Hall–Kier alpha value is -0.870. The molecule has 2 fully saturated rings. The van der Waals surface area contributed by atoms with Gasteiger partial charge in [-0.05, 0) is 24.9 Å². The van der Waals surface area contributed by atoms with Crippen molar-refractivity contribution in [3.05, 3.63) is 18.4 Å². The van der Waals surface area contributed by atoms with Crippen LogP contribution >= 0.6 is 0 Å². The Morgan fingerprint density at radius 1 is 1.43 bits per heavy atom. The van der Waals surface area contributed by atoms with E-state index in [-0.39, 0.29) is 0 Å². The van der Waals surface area contributed by atoms with Crippen LogP contribution in [0.25, 0.3) is 0 Å². The topological polar surface area (TPSA) is 41.3 Å². The van der Waals surface area contributed by atoms with Gasteiger partial charge in [-0.1, -0.05) is 0 Å². The van der Waals surface area contributed by atoms with Gasteiger partial charge in [-0.2, -0.15) is 0 Å². The first-order valence-corrected chi connectivity index (χ1v) is 5.22. The molecule has 0 aromatic carbocycles. The highest BCUT2D eigenvalue weighted by molar-refractivity contribution is 4.96. The molecule has 1 aromatic rings. The summed E-state index contributed by atoms with van der Waals surface area (Å²) in [5.41, 5.74) is 1.05. The molecule has 3 rings (SSSR count). The van der Waals surface area contributed by atoms with Gasteiger partial charge in [0.15, 0.2) is 6.39 Å². The van der Waals surface area contributed by atoms with Crippen LogP contribution in [0.4, 0.5) is 0 Å². The summed E-state index contributed by atoms with van der Waals surface area (Å²) < 4.78 is 4.97. The molecule has 0 amide bonds. The quantitative estimate of drug-likeness (QED) is 0.734. The van der Waals surface area contributed by atoms with E-state index in [2.05, 4.69) is 15.2 Å². The maximum atomic E-state index is 4.97. The summed E-state index contributed by atoms with van der Waals surface area (Å²) in [5.74, 6) is 1.73. The second-order valence-electron chi connectivity index (χ2n) is 4.35. The Balaban J connectivity index is 1.61. The molecule has 76 valence electrons. The van der Waals surface area contributed by atoms with E-state index in [9.17, 15) is 0 Å². The van der Waals surface area contributed by atoms with Crippen molar-refractivity contribution < 1.29 is 4.42 Å². The molecular weight excluding hydrogens is 178 g/mol. The smallest absolute Gasteiger partial charge is 0.180 e. The average molecular weight is 193 g/mol. The number of hydrogen-bond acceptors (Lipinski definition) is 4. The molecular formula is C10H15N3O. The molecule has 1 aromatic heterocycles. The van der Waals surface area contributed by atoms with E-state index in [0.29, 0.717) is 0 Å². The molecule has 4 nitrogen and oxygen atoms in total. The van der Waals surface area contributed by atoms with Crippen LogP contribution in [0, 0.1) is 11.8 Å². The summed E-state index contributed by atoms with van der Waals surface area (Å²) in [4.78, 5) is 6.63. The first-order chi connectivity index (χ1) is 6.92. The standard InChI is InChI=1S/C10H15N3O/c1-8-3-13(4-9(8)2-11-1)5-10-6-14-7-12-10/h6-9,11H,1-5H2. The van der Waals surface area contributed by atoms with Crippen LogP contribution in [-0.4, -0.2) is 36.1 Å². The molecule has 0 bridgehead atoms. The van der Waals surface area contributed by atoms with Crippen molar-refractivity contribution in [1.82, 2.24) is 15.2 Å². The summed E-state index contributed by atoms with van der Waals surface area (Å²) >= 11 is 0. The molecule has 1 N–H and O–H groups in total. The lowest BCUT2D eigenvalue weighted by Crippen LogP contribution is -2.25. The number of fused-ring (bicyclic) bond motifs is 1. The molecule has 2 atom stereocenters. The van der Waals surface area contributed by atoms with Gasteiger partial charge in [0.05, 0.1) is 5.69 Å². The van der Waals surface area contributed by atoms with Crippen molar-refractivity contribution in [3.8, 4) is 0 Å². The largest absolute Gasteiger partial charge is 0.451 e. The molecule has 2 saturated heterocycles. The minimum atomic E-state index is 0.863. The normalized spacial score (nSPS) is 32.3. The van der Waals surface area contributed by atoms with Gasteiger partial charge in [0, 0.05) is 19.6 Å². The molecule has 2 aliphatic rings. The summed E-state index contributed by atoms with van der Waals surface area (Å²) in [7, 11) is 0. The molecule has 0 aliphatic carbocycles. The fourth-order valence-electron chi connectivity index (χ4n) is 2.63. The van der Waals surface area contributed by atoms with Crippen LogP contribution in [0.1, 0.15) is 5.69 Å². The summed E-state index contributed by atoms with van der Waals surface area (Å²) in [6.45, 7) is 5.76. The lowest BCUT2D eigenvalue weighted by Gasteiger charge is -2.14. The van der Waals surface area contributed by atoms with Gasteiger partial charge in [-0.25, -0.2) is 4.98 Å². The second-order valence-corrected chi connectivity index (χ2v) is 4.35. The summed E-state index contributed by atoms with van der Waals surface area (Å²) in [6, 6.07) is 0. The van der Waals surface area contributed by atoms with Gasteiger partial charge in [-0.15, -0.1) is 0 Å². The minimum absolute atomic E-state index is 0.863. The zero-order valence-corrected chi connectivity index (χ0v) is 8.15. The van der Waals surface area contributed by atoms with Crippen LogP contribution in [0.3, 0.4) is 0 Å². The van der Waals surface area contributed by atoms with Crippen molar-refractivity contribution in [1.29, 1.82) is 0 Å². The predicted octanol–water partition coefficient (Wildman–Crippen LogP) is 0.326. The van der Waals surface area contributed by atoms with Crippen LogP contribution in [-0.2, 0) is 6.54 Å². The highest BCUT2D eigenvalue weighted by Gasteiger charge is 2.35. The molecule has 3 heterocycles. The fraction of sp³-hybridized carbons (Fsp3) is 0.700. The third-order valence-electron chi connectivity index (χ3n) is 3.33. The number of aromatic nitrogens is 1. The molecule has 2 aliphatic heterocycles. The number of nitrogens with one attached hydrogen (secondary N) is 1. The van der Waals surface area contributed by atoms with Crippen LogP contribution in [0.2, 0.25) is 0 Å². The van der Waals surface area contributed by atoms with Crippen LogP contribution < -0.4 is 5.32 Å². The Morgan fingerprint density at radius 3 is 2.86 bits per heavy atom. The van der Waals surface area contributed by atoms with Gasteiger partial charge in [0.2, 0.25) is 0 Å². The van der Waals surface area contributed by atoms with E-state index in [1.54, 1.807) is 6.26 Å². The SMILES string of the molecule is c1nc(CN2CC3CNCC3C2)co1. The Labute approximate surface area is 83.3 Å².